The summed E-state index contributed by atoms with van der Waals surface area (Å²) in [5, 5.41) is 0.822. The zero-order chi connectivity index (χ0) is 20.0. The molecule has 2 aliphatic rings. The van der Waals surface area contributed by atoms with Gasteiger partial charge in [-0.15, -0.1) is 0 Å². The molecule has 0 aliphatic carbocycles. The van der Waals surface area contributed by atoms with Crippen LogP contribution < -0.4 is 20.3 Å². The number of hydrogen-bond donors (Lipinski definition) is 2. The number of nitrogens with two attached hydrogens (primary N) is 1. The lowest BCUT2D eigenvalue weighted by Crippen LogP contribution is -2.48. The third-order valence-corrected chi connectivity index (χ3v) is 6.52. The standard InChI is InChI=1S/C20H25N7OS/c1-20(21)5-7-27(8-6-20)19-24-17-18(25-19)23-16(12-22-17)29-13-3-4-15-14(11-13)26(2)9-10-28-15/h3-4,11-12H,5-10,21H2,1-2H3,(H,22,23,24,25). The summed E-state index contributed by atoms with van der Waals surface area (Å²) >= 11 is 1.58. The second kappa shape index (κ2) is 7.07. The van der Waals surface area contributed by atoms with Crippen LogP contribution in [0.2, 0.25) is 0 Å². The Kier molecular flexibility index (Phi) is 4.51. The summed E-state index contributed by atoms with van der Waals surface area (Å²) in [6.45, 7) is 5.50. The molecule has 2 aromatic heterocycles. The van der Waals surface area contributed by atoms with Crippen molar-refractivity contribution in [2.75, 3.05) is 43.1 Å². The number of benzene rings is 1. The third kappa shape index (κ3) is 3.72. The van der Waals surface area contributed by atoms with Gasteiger partial charge in [0.15, 0.2) is 11.3 Å². The Morgan fingerprint density at radius 1 is 1.21 bits per heavy atom. The van der Waals surface area contributed by atoms with Crippen molar-refractivity contribution in [1.82, 2.24) is 19.9 Å². The maximum absolute atomic E-state index is 6.24. The Bertz CT molecular complexity index is 1040. The van der Waals surface area contributed by atoms with Gasteiger partial charge in [0.1, 0.15) is 17.4 Å². The second-order valence-corrected chi connectivity index (χ2v) is 9.18. The molecule has 29 heavy (non-hydrogen) atoms. The molecule has 0 unspecified atom stereocenters. The van der Waals surface area contributed by atoms with Crippen LogP contribution in [0.5, 0.6) is 5.75 Å². The Balaban J connectivity index is 1.36. The van der Waals surface area contributed by atoms with Crippen molar-refractivity contribution in [3.05, 3.63) is 24.4 Å². The van der Waals surface area contributed by atoms with Crippen molar-refractivity contribution in [1.29, 1.82) is 0 Å². The number of H-pyrrole nitrogens is 1. The summed E-state index contributed by atoms with van der Waals surface area (Å²) in [5.41, 5.74) is 8.62. The molecule has 152 valence electrons. The molecular weight excluding hydrogens is 386 g/mol. The van der Waals surface area contributed by atoms with E-state index in [9.17, 15) is 0 Å². The first-order valence-corrected chi connectivity index (χ1v) is 10.7. The van der Waals surface area contributed by atoms with Crippen molar-refractivity contribution >= 4 is 34.7 Å². The number of ether oxygens (including phenoxy) is 1. The average molecular weight is 412 g/mol. The van der Waals surface area contributed by atoms with Crippen LogP contribution in [0, 0.1) is 0 Å². The van der Waals surface area contributed by atoms with E-state index in [1.54, 1.807) is 18.0 Å². The van der Waals surface area contributed by atoms with Crippen LogP contribution in [0.15, 0.2) is 34.3 Å². The summed E-state index contributed by atoms with van der Waals surface area (Å²) in [7, 11) is 2.08. The predicted molar refractivity (Wildman–Crippen MR) is 115 cm³/mol. The van der Waals surface area contributed by atoms with Gasteiger partial charge in [-0.25, -0.2) is 9.97 Å². The molecule has 0 radical (unpaired) electrons. The van der Waals surface area contributed by atoms with Gasteiger partial charge >= 0.3 is 0 Å². The van der Waals surface area contributed by atoms with Crippen LogP contribution in [0.1, 0.15) is 19.8 Å². The van der Waals surface area contributed by atoms with Gasteiger partial charge in [-0.2, -0.15) is 4.98 Å². The Morgan fingerprint density at radius 3 is 2.86 bits per heavy atom. The zero-order valence-corrected chi connectivity index (χ0v) is 17.5. The molecule has 1 fully saturated rings. The molecule has 8 nitrogen and oxygen atoms in total. The van der Waals surface area contributed by atoms with E-state index in [1.807, 2.05) is 6.07 Å². The van der Waals surface area contributed by atoms with Gasteiger partial charge < -0.3 is 25.3 Å². The van der Waals surface area contributed by atoms with Crippen molar-refractivity contribution in [3.8, 4) is 5.75 Å². The van der Waals surface area contributed by atoms with Crippen LogP contribution in [0.4, 0.5) is 11.6 Å². The SMILES string of the molecule is CN1CCOc2ccc(Sc3cnc4[nH]c(N5CCC(C)(N)CC5)nc4n3)cc21. The maximum Gasteiger partial charge on any atom is 0.206 e. The third-order valence-electron chi connectivity index (χ3n) is 5.63. The number of piperidine rings is 1. The van der Waals surface area contributed by atoms with Gasteiger partial charge in [0.05, 0.1) is 18.4 Å². The van der Waals surface area contributed by atoms with Gasteiger partial charge in [0.25, 0.3) is 0 Å². The smallest absolute Gasteiger partial charge is 0.206 e. The molecule has 3 N–H and O–H groups in total. The number of aromatic nitrogens is 4. The molecule has 5 rings (SSSR count). The van der Waals surface area contributed by atoms with E-state index < -0.39 is 0 Å². The molecule has 9 heteroatoms. The fourth-order valence-corrected chi connectivity index (χ4v) is 4.49. The van der Waals surface area contributed by atoms with E-state index in [0.29, 0.717) is 11.3 Å². The van der Waals surface area contributed by atoms with Crippen molar-refractivity contribution in [2.45, 2.75) is 35.2 Å². The van der Waals surface area contributed by atoms with E-state index in [0.717, 1.165) is 66.4 Å². The van der Waals surface area contributed by atoms with Crippen LogP contribution in [0.25, 0.3) is 11.3 Å². The topological polar surface area (TPSA) is 96.2 Å². The number of imidazole rings is 1. The fourth-order valence-electron chi connectivity index (χ4n) is 3.71. The molecule has 0 amide bonds. The molecule has 1 saturated heterocycles. The van der Waals surface area contributed by atoms with Crippen LogP contribution in [-0.2, 0) is 0 Å². The highest BCUT2D eigenvalue weighted by Gasteiger charge is 2.27. The highest BCUT2D eigenvalue weighted by atomic mass is 32.2. The number of anilines is 2. The normalized spacial score (nSPS) is 18.6. The monoisotopic (exact) mass is 411 g/mol. The van der Waals surface area contributed by atoms with E-state index in [4.69, 9.17) is 15.5 Å². The Morgan fingerprint density at radius 2 is 2.03 bits per heavy atom. The number of hydrogen-bond acceptors (Lipinski definition) is 8. The van der Waals surface area contributed by atoms with Gasteiger partial charge in [-0.1, -0.05) is 11.8 Å². The van der Waals surface area contributed by atoms with Gasteiger partial charge in [-0.3, -0.25) is 0 Å². The second-order valence-electron chi connectivity index (χ2n) is 8.08. The van der Waals surface area contributed by atoms with Gasteiger partial charge in [-0.05, 0) is 38.0 Å². The van der Waals surface area contributed by atoms with Gasteiger partial charge in [0, 0.05) is 30.6 Å². The largest absolute Gasteiger partial charge is 0.490 e. The summed E-state index contributed by atoms with van der Waals surface area (Å²) in [6.07, 6.45) is 3.69. The van der Waals surface area contributed by atoms with Crippen LogP contribution in [-0.4, -0.2) is 58.8 Å². The van der Waals surface area contributed by atoms with Crippen LogP contribution in [0.3, 0.4) is 0 Å². The minimum absolute atomic E-state index is 0.0865. The summed E-state index contributed by atoms with van der Waals surface area (Å²) < 4.78 is 5.72. The summed E-state index contributed by atoms with van der Waals surface area (Å²) in [4.78, 5) is 22.8. The first-order valence-electron chi connectivity index (χ1n) is 9.89. The van der Waals surface area contributed by atoms with Crippen molar-refractivity contribution in [2.24, 2.45) is 5.73 Å². The highest BCUT2D eigenvalue weighted by molar-refractivity contribution is 7.99. The first-order chi connectivity index (χ1) is 14.0. The van der Waals surface area contributed by atoms with Crippen LogP contribution >= 0.6 is 11.8 Å². The number of fused-ring (bicyclic) bond motifs is 2. The quantitative estimate of drug-likeness (QED) is 0.679. The van der Waals surface area contributed by atoms with E-state index in [1.165, 1.54) is 0 Å². The number of nitrogens with zero attached hydrogens (tertiary/aromatic N) is 5. The molecule has 0 atom stereocenters. The molecule has 0 saturated carbocycles. The fraction of sp³-hybridized carbons (Fsp3) is 0.450. The lowest BCUT2D eigenvalue weighted by molar-refractivity contribution is 0.311. The minimum atomic E-state index is -0.0865. The predicted octanol–water partition coefficient (Wildman–Crippen LogP) is 2.65. The lowest BCUT2D eigenvalue weighted by Gasteiger charge is -2.36. The molecule has 2 aliphatic heterocycles. The average Bonchev–Trinajstić information content (AvgIpc) is 3.12. The lowest BCUT2D eigenvalue weighted by atomic mass is 9.91. The van der Waals surface area contributed by atoms with Gasteiger partial charge in [0.2, 0.25) is 5.95 Å². The number of rotatable bonds is 3. The van der Waals surface area contributed by atoms with E-state index in [2.05, 4.69) is 50.9 Å². The number of aromatic amines is 1. The molecular formula is C20H25N7OS. The van der Waals surface area contributed by atoms with Crippen molar-refractivity contribution in [3.63, 3.8) is 0 Å². The number of nitrogens with one attached hydrogen (secondary N) is 1. The first kappa shape index (κ1) is 18.5. The molecule has 1 aromatic carbocycles. The maximum atomic E-state index is 6.24. The molecule has 4 heterocycles. The zero-order valence-electron chi connectivity index (χ0n) is 16.7. The van der Waals surface area contributed by atoms with E-state index >= 15 is 0 Å². The van der Waals surface area contributed by atoms with E-state index in [-0.39, 0.29) is 5.54 Å². The summed E-state index contributed by atoms with van der Waals surface area (Å²) in [6, 6.07) is 6.22. The highest BCUT2D eigenvalue weighted by Crippen LogP contribution is 2.36. The molecule has 0 spiro atoms. The Hall–Kier alpha value is -2.52. The minimum Gasteiger partial charge on any atom is -0.490 e. The number of likely N-dealkylation sites (N-methyl/N-ethyl adjacent to an activating group) is 1. The van der Waals surface area contributed by atoms with Crippen molar-refractivity contribution < 1.29 is 4.74 Å². The Labute approximate surface area is 173 Å². The molecule has 3 aromatic rings. The molecule has 0 bridgehead atoms. The summed E-state index contributed by atoms with van der Waals surface area (Å²) in [5.74, 6) is 1.75.